The Bertz CT molecular complexity index is 1700. The molecule has 5 heterocycles. The molecule has 4 aliphatic heterocycles. The Hall–Kier alpha value is -4.32. The van der Waals surface area contributed by atoms with Crippen molar-refractivity contribution in [2.75, 3.05) is 43.1 Å². The van der Waals surface area contributed by atoms with Crippen molar-refractivity contribution < 1.29 is 24.2 Å². The zero-order chi connectivity index (χ0) is 30.5. The quantitative estimate of drug-likeness (QED) is 0.385. The van der Waals surface area contributed by atoms with E-state index in [0.717, 1.165) is 60.9 Å². The van der Waals surface area contributed by atoms with E-state index in [1.165, 1.54) is 0 Å². The van der Waals surface area contributed by atoms with Crippen LogP contribution < -0.4 is 15.5 Å². The largest absolute Gasteiger partial charge is 0.476 e. The molecule has 0 aliphatic carbocycles. The van der Waals surface area contributed by atoms with Gasteiger partial charge in [-0.3, -0.25) is 14.5 Å². The van der Waals surface area contributed by atoms with E-state index in [1.54, 1.807) is 29.2 Å². The van der Waals surface area contributed by atoms with Gasteiger partial charge >= 0.3 is 5.97 Å². The van der Waals surface area contributed by atoms with Crippen molar-refractivity contribution in [1.82, 2.24) is 15.2 Å². The van der Waals surface area contributed by atoms with Gasteiger partial charge < -0.3 is 25.4 Å². The van der Waals surface area contributed by atoms with Crippen LogP contribution in [-0.4, -0.2) is 71.3 Å². The predicted octanol–water partition coefficient (Wildman–Crippen LogP) is 4.52. The Kier molecular flexibility index (Phi) is 7.11. The molecular formula is C33H33N5O5S. The lowest BCUT2D eigenvalue weighted by molar-refractivity contribution is -0.127. The number of fused-ring (bicyclic) bond motifs is 3. The van der Waals surface area contributed by atoms with Gasteiger partial charge in [0.05, 0.1) is 21.8 Å². The van der Waals surface area contributed by atoms with Crippen LogP contribution in [0.2, 0.25) is 0 Å². The highest BCUT2D eigenvalue weighted by Gasteiger charge is 2.52. The number of aromatic carboxylic acids is 1. The summed E-state index contributed by atoms with van der Waals surface area (Å²) in [5, 5.41) is 15.9. The Morgan fingerprint density at radius 1 is 1.07 bits per heavy atom. The van der Waals surface area contributed by atoms with Crippen LogP contribution in [0, 0.1) is 5.41 Å². The Balaban J connectivity index is 1.06. The number of carbonyl (C=O) groups is 3. The minimum absolute atomic E-state index is 0.0476. The van der Waals surface area contributed by atoms with E-state index in [4.69, 9.17) is 4.74 Å². The number of allylic oxidation sites excluding steroid dienone is 2. The Labute approximate surface area is 259 Å². The number of amides is 2. The molecule has 1 spiro atoms. The highest BCUT2D eigenvalue weighted by Crippen LogP contribution is 2.45. The first-order valence-corrected chi connectivity index (χ1v) is 15.6. The Morgan fingerprint density at radius 2 is 1.82 bits per heavy atom. The molecule has 10 nitrogen and oxygen atoms in total. The standard InChI is InChI=1S/C33H33N5O5S/c1-32(37-19-33(20-37)13-17-43-18-14-33)24(6-4-15-34-32)28(39)35-22-10-8-21(9-11-22)30(40)38-16-12-25-27(44-29(36-25)31(41)42)23-5-2-3-7-26(23)38/h2-11,15,34H,12-14,16-20H2,1H3,(H,35,39)(H,41,42). The van der Waals surface area contributed by atoms with E-state index in [2.05, 4.69) is 20.5 Å². The van der Waals surface area contributed by atoms with Crippen molar-refractivity contribution in [2.24, 2.45) is 5.41 Å². The molecule has 2 amide bonds. The zero-order valence-electron chi connectivity index (χ0n) is 24.3. The third-order valence-corrected chi connectivity index (χ3v) is 10.4. The molecule has 1 unspecified atom stereocenters. The summed E-state index contributed by atoms with van der Waals surface area (Å²) in [6, 6.07) is 14.4. The molecule has 2 aromatic carbocycles. The molecule has 226 valence electrons. The number of thiazole rings is 1. The van der Waals surface area contributed by atoms with Gasteiger partial charge in [0, 0.05) is 61.5 Å². The lowest BCUT2D eigenvalue weighted by Crippen LogP contribution is -2.70. The SMILES string of the molecule is CC1(N2CC3(CCOCC3)C2)NC=CC=C1C(=O)Nc1ccc(C(=O)N2CCc3nc(C(=O)O)sc3-c3ccccc32)cc1. The number of rotatable bonds is 5. The number of carboxylic acid groups (broad SMARTS) is 1. The fourth-order valence-electron chi connectivity index (χ4n) is 6.68. The molecule has 3 N–H and O–H groups in total. The lowest BCUT2D eigenvalue weighted by Gasteiger charge is -2.59. The topological polar surface area (TPSA) is 124 Å². The molecule has 2 saturated heterocycles. The van der Waals surface area contributed by atoms with E-state index in [-0.39, 0.29) is 22.2 Å². The fraction of sp³-hybridized carbons (Fsp3) is 0.333. The van der Waals surface area contributed by atoms with Gasteiger partial charge in [-0.1, -0.05) is 18.2 Å². The average Bonchev–Trinajstić information content (AvgIpc) is 3.39. The highest BCUT2D eigenvalue weighted by atomic mass is 32.1. The molecule has 7 rings (SSSR count). The van der Waals surface area contributed by atoms with Crippen LogP contribution >= 0.6 is 11.3 Å². The number of carboxylic acids is 1. The normalized spacial score (nSPS) is 22.1. The number of hydrogen-bond acceptors (Lipinski definition) is 8. The van der Waals surface area contributed by atoms with Crippen LogP contribution in [0.3, 0.4) is 0 Å². The monoisotopic (exact) mass is 611 g/mol. The molecule has 1 atom stereocenters. The van der Waals surface area contributed by atoms with Crippen LogP contribution in [-0.2, 0) is 16.0 Å². The summed E-state index contributed by atoms with van der Waals surface area (Å²) in [6.45, 7) is 5.83. The molecule has 0 saturated carbocycles. The molecule has 1 aromatic heterocycles. The molecule has 4 aliphatic rings. The number of para-hydroxylation sites is 1. The number of benzene rings is 2. The van der Waals surface area contributed by atoms with Crippen molar-refractivity contribution in [3.05, 3.63) is 88.7 Å². The smallest absolute Gasteiger partial charge is 0.365 e. The van der Waals surface area contributed by atoms with Crippen molar-refractivity contribution in [3.63, 3.8) is 0 Å². The van der Waals surface area contributed by atoms with Crippen LogP contribution in [0.5, 0.6) is 0 Å². The molecular weight excluding hydrogens is 578 g/mol. The molecule has 2 fully saturated rings. The number of nitrogens with one attached hydrogen (secondary N) is 2. The van der Waals surface area contributed by atoms with E-state index in [1.807, 2.05) is 49.5 Å². The minimum atomic E-state index is -1.05. The number of carbonyl (C=O) groups excluding carboxylic acids is 2. The summed E-state index contributed by atoms with van der Waals surface area (Å²) in [7, 11) is 0. The number of anilines is 2. The second kappa shape index (κ2) is 11.0. The number of ether oxygens (including phenoxy) is 1. The number of likely N-dealkylation sites (tertiary alicyclic amines) is 1. The van der Waals surface area contributed by atoms with Crippen molar-refractivity contribution in [3.8, 4) is 10.4 Å². The lowest BCUT2D eigenvalue weighted by atomic mass is 9.71. The van der Waals surface area contributed by atoms with Gasteiger partial charge in [-0.05, 0) is 68.4 Å². The summed E-state index contributed by atoms with van der Waals surface area (Å²) in [5.74, 6) is -1.43. The number of nitrogens with zero attached hydrogens (tertiary/aromatic N) is 3. The first-order valence-electron chi connectivity index (χ1n) is 14.8. The highest BCUT2D eigenvalue weighted by molar-refractivity contribution is 7.17. The van der Waals surface area contributed by atoms with Gasteiger partial charge in [0.2, 0.25) is 5.01 Å². The zero-order valence-corrected chi connectivity index (χ0v) is 25.2. The maximum atomic E-state index is 13.8. The molecule has 11 heteroatoms. The summed E-state index contributed by atoms with van der Waals surface area (Å²) in [4.78, 5) is 48.0. The van der Waals surface area contributed by atoms with Gasteiger partial charge in [0.1, 0.15) is 5.66 Å². The average molecular weight is 612 g/mol. The number of dihydropyridines is 1. The van der Waals surface area contributed by atoms with Crippen LogP contribution in [0.15, 0.2) is 72.5 Å². The summed E-state index contributed by atoms with van der Waals surface area (Å²) < 4.78 is 5.57. The van der Waals surface area contributed by atoms with Gasteiger partial charge in [0.25, 0.3) is 11.8 Å². The molecule has 0 radical (unpaired) electrons. The van der Waals surface area contributed by atoms with E-state index in [9.17, 15) is 19.5 Å². The van der Waals surface area contributed by atoms with Gasteiger partial charge in [-0.2, -0.15) is 0 Å². The first-order chi connectivity index (χ1) is 21.3. The summed E-state index contributed by atoms with van der Waals surface area (Å²) in [5.41, 5.74) is 3.54. The van der Waals surface area contributed by atoms with Crippen molar-refractivity contribution in [1.29, 1.82) is 0 Å². The third kappa shape index (κ3) is 4.90. The number of aromatic nitrogens is 1. The van der Waals surface area contributed by atoms with E-state index < -0.39 is 11.6 Å². The summed E-state index contributed by atoms with van der Waals surface area (Å²) >= 11 is 1.13. The van der Waals surface area contributed by atoms with Gasteiger partial charge in [-0.15, -0.1) is 11.3 Å². The summed E-state index contributed by atoms with van der Waals surface area (Å²) in [6.07, 6.45) is 8.13. The van der Waals surface area contributed by atoms with E-state index >= 15 is 0 Å². The van der Waals surface area contributed by atoms with Gasteiger partial charge in [0.15, 0.2) is 0 Å². The predicted molar refractivity (Wildman–Crippen MR) is 168 cm³/mol. The first kappa shape index (κ1) is 28.5. The number of hydrogen-bond donors (Lipinski definition) is 3. The minimum Gasteiger partial charge on any atom is -0.476 e. The molecule has 0 bridgehead atoms. The van der Waals surface area contributed by atoms with Gasteiger partial charge in [-0.25, -0.2) is 9.78 Å². The second-order valence-electron chi connectivity index (χ2n) is 12.0. The van der Waals surface area contributed by atoms with Crippen molar-refractivity contribution in [2.45, 2.75) is 31.8 Å². The van der Waals surface area contributed by atoms with Crippen LogP contribution in [0.4, 0.5) is 11.4 Å². The van der Waals surface area contributed by atoms with Crippen molar-refractivity contribution >= 4 is 40.5 Å². The second-order valence-corrected chi connectivity index (χ2v) is 13.0. The molecule has 44 heavy (non-hydrogen) atoms. The Morgan fingerprint density at radius 3 is 2.57 bits per heavy atom. The van der Waals surface area contributed by atoms with E-state index in [0.29, 0.717) is 41.2 Å². The third-order valence-electron chi connectivity index (χ3n) is 9.26. The maximum Gasteiger partial charge on any atom is 0.365 e. The van der Waals surface area contributed by atoms with Crippen LogP contribution in [0.25, 0.3) is 10.4 Å². The fourth-order valence-corrected chi connectivity index (χ4v) is 7.66. The maximum absolute atomic E-state index is 13.8. The van der Waals surface area contributed by atoms with Crippen LogP contribution in [0.1, 0.15) is 45.6 Å². The molecule has 3 aromatic rings.